The van der Waals surface area contributed by atoms with Crippen molar-refractivity contribution in [2.24, 2.45) is 0 Å². The summed E-state index contributed by atoms with van der Waals surface area (Å²) in [6.45, 7) is 4.41. The molecule has 0 saturated carbocycles. The second-order valence-corrected chi connectivity index (χ2v) is 7.73. The zero-order valence-electron chi connectivity index (χ0n) is 19.0. The van der Waals surface area contributed by atoms with Crippen molar-refractivity contribution in [3.63, 3.8) is 0 Å². The van der Waals surface area contributed by atoms with Crippen LogP contribution < -0.4 is 19.5 Å². The first-order chi connectivity index (χ1) is 16.3. The molecule has 0 atom stereocenters. The number of rotatable bonds is 9. The normalized spacial score (nSPS) is 14.9. The highest BCUT2D eigenvalue weighted by Gasteiger charge is 2.36. The number of ether oxygens (including phenoxy) is 3. The summed E-state index contributed by atoms with van der Waals surface area (Å²) in [4.78, 5) is 38.9. The molecule has 1 saturated heterocycles. The van der Waals surface area contributed by atoms with Gasteiger partial charge in [-0.15, -0.1) is 0 Å². The summed E-state index contributed by atoms with van der Waals surface area (Å²) in [7, 11) is 1.50. The Morgan fingerprint density at radius 1 is 1.06 bits per heavy atom. The Balaban J connectivity index is 1.90. The van der Waals surface area contributed by atoms with E-state index in [1.54, 1.807) is 25.1 Å². The fourth-order valence-corrected chi connectivity index (χ4v) is 3.49. The number of phenols is 1. The van der Waals surface area contributed by atoms with Crippen molar-refractivity contribution in [1.82, 2.24) is 10.2 Å². The van der Waals surface area contributed by atoms with Gasteiger partial charge in [-0.2, -0.15) is 0 Å². The molecule has 1 fully saturated rings. The number of barbiturate groups is 1. The third-order valence-electron chi connectivity index (χ3n) is 4.88. The van der Waals surface area contributed by atoms with E-state index in [-0.39, 0.29) is 35.2 Å². The number of nitrogens with one attached hydrogen (secondary N) is 1. The van der Waals surface area contributed by atoms with Crippen LogP contribution in [-0.2, 0) is 16.1 Å². The number of halogens is 1. The van der Waals surface area contributed by atoms with Crippen LogP contribution in [-0.4, -0.2) is 48.2 Å². The molecule has 0 radical (unpaired) electrons. The maximum atomic E-state index is 13.1. The molecule has 0 unspecified atom stereocenters. The summed E-state index contributed by atoms with van der Waals surface area (Å²) >= 11 is 6.05. The molecule has 1 heterocycles. The number of carbonyl (C=O) groups is 3. The van der Waals surface area contributed by atoms with Gasteiger partial charge in [0.2, 0.25) is 0 Å². The average molecular weight is 489 g/mol. The molecule has 0 aliphatic carbocycles. The predicted octanol–water partition coefficient (Wildman–Crippen LogP) is 3.90. The Bertz CT molecular complexity index is 1150. The van der Waals surface area contributed by atoms with E-state index in [1.165, 1.54) is 25.3 Å². The van der Waals surface area contributed by atoms with Crippen LogP contribution in [0, 0.1) is 0 Å². The molecule has 9 nitrogen and oxygen atoms in total. The molecule has 4 amide bonds. The second kappa shape index (κ2) is 10.9. The van der Waals surface area contributed by atoms with Crippen LogP contribution >= 0.6 is 11.6 Å². The Labute approximate surface area is 201 Å². The molecule has 180 valence electrons. The summed E-state index contributed by atoms with van der Waals surface area (Å²) in [5.74, 6) is -0.744. The Hall–Kier alpha value is -3.72. The van der Waals surface area contributed by atoms with Crippen LogP contribution in [0.2, 0.25) is 5.02 Å². The number of phenolic OH excluding ortho intramolecular Hbond substituents is 1. The predicted molar refractivity (Wildman–Crippen MR) is 125 cm³/mol. The molecule has 3 rings (SSSR count). The van der Waals surface area contributed by atoms with Crippen LogP contribution in [0.1, 0.15) is 31.4 Å². The van der Waals surface area contributed by atoms with Crippen LogP contribution in [0.25, 0.3) is 6.08 Å². The molecule has 34 heavy (non-hydrogen) atoms. The van der Waals surface area contributed by atoms with E-state index < -0.39 is 17.8 Å². The minimum atomic E-state index is -0.839. The highest BCUT2D eigenvalue weighted by atomic mass is 35.5. The highest BCUT2D eigenvalue weighted by Crippen LogP contribution is 2.36. The number of imide groups is 2. The van der Waals surface area contributed by atoms with Gasteiger partial charge in [0, 0.05) is 0 Å². The van der Waals surface area contributed by atoms with Gasteiger partial charge in [-0.25, -0.2) is 4.79 Å². The van der Waals surface area contributed by atoms with E-state index in [4.69, 9.17) is 25.8 Å². The smallest absolute Gasteiger partial charge is 0.331 e. The number of carbonyl (C=O) groups excluding carboxylic acids is 3. The average Bonchev–Trinajstić information content (AvgIpc) is 2.81. The number of amides is 4. The minimum absolute atomic E-state index is 0.00752. The number of nitrogens with zero attached hydrogens (tertiary/aromatic N) is 1. The van der Waals surface area contributed by atoms with Crippen LogP contribution in [0.15, 0.2) is 35.9 Å². The molecule has 0 aromatic heterocycles. The lowest BCUT2D eigenvalue weighted by molar-refractivity contribution is -0.130. The lowest BCUT2D eigenvalue weighted by atomic mass is 10.1. The molecule has 0 spiro atoms. The van der Waals surface area contributed by atoms with Crippen molar-refractivity contribution in [2.75, 3.05) is 20.3 Å². The lowest BCUT2D eigenvalue weighted by Crippen LogP contribution is -2.53. The van der Waals surface area contributed by atoms with Gasteiger partial charge in [0.15, 0.2) is 23.0 Å². The molecule has 1 aliphatic heterocycles. The summed E-state index contributed by atoms with van der Waals surface area (Å²) in [6, 6.07) is 7.07. The van der Waals surface area contributed by atoms with Crippen molar-refractivity contribution < 1.29 is 33.7 Å². The van der Waals surface area contributed by atoms with E-state index in [0.717, 1.165) is 11.3 Å². The number of methoxy groups -OCH3 is 1. The third kappa shape index (κ3) is 5.43. The first-order valence-corrected chi connectivity index (χ1v) is 11.0. The lowest BCUT2D eigenvalue weighted by Gasteiger charge is -2.26. The molecular weight excluding hydrogens is 464 g/mol. The highest BCUT2D eigenvalue weighted by molar-refractivity contribution is 6.33. The Morgan fingerprint density at radius 2 is 1.82 bits per heavy atom. The maximum Gasteiger partial charge on any atom is 0.331 e. The van der Waals surface area contributed by atoms with E-state index in [9.17, 15) is 19.5 Å². The summed E-state index contributed by atoms with van der Waals surface area (Å²) in [5.41, 5.74) is 0.682. The fourth-order valence-electron chi connectivity index (χ4n) is 3.27. The fraction of sp³-hybridized carbons (Fsp3) is 0.292. The molecule has 10 heteroatoms. The van der Waals surface area contributed by atoms with Gasteiger partial charge in [-0.05, 0) is 54.8 Å². The largest absolute Gasteiger partial charge is 0.503 e. The van der Waals surface area contributed by atoms with Gasteiger partial charge in [-0.3, -0.25) is 19.8 Å². The van der Waals surface area contributed by atoms with E-state index in [0.29, 0.717) is 29.2 Å². The second-order valence-electron chi connectivity index (χ2n) is 7.32. The molecular formula is C24H25ClN2O7. The van der Waals surface area contributed by atoms with Gasteiger partial charge in [0.1, 0.15) is 5.57 Å². The Kier molecular flexibility index (Phi) is 8.01. The van der Waals surface area contributed by atoms with Crippen molar-refractivity contribution in [1.29, 1.82) is 0 Å². The third-order valence-corrected chi connectivity index (χ3v) is 5.17. The van der Waals surface area contributed by atoms with Crippen molar-refractivity contribution >= 4 is 35.5 Å². The number of urea groups is 1. The van der Waals surface area contributed by atoms with Gasteiger partial charge in [0.25, 0.3) is 11.8 Å². The van der Waals surface area contributed by atoms with E-state index in [1.807, 2.05) is 6.92 Å². The quantitative estimate of drug-likeness (QED) is 0.406. The van der Waals surface area contributed by atoms with Crippen LogP contribution in [0.5, 0.6) is 23.0 Å². The van der Waals surface area contributed by atoms with Gasteiger partial charge >= 0.3 is 6.03 Å². The first-order valence-electron chi connectivity index (χ1n) is 10.6. The maximum absolute atomic E-state index is 13.1. The SMILES string of the molecule is CCCOc1ccc(CN2C(=O)NC(=O)/C(=C\c3cc(Cl)c(O)c(OCC)c3)C2=O)cc1OC. The van der Waals surface area contributed by atoms with Gasteiger partial charge < -0.3 is 19.3 Å². The monoisotopic (exact) mass is 488 g/mol. The minimum Gasteiger partial charge on any atom is -0.503 e. The number of benzene rings is 2. The molecule has 2 aromatic rings. The number of hydrogen-bond donors (Lipinski definition) is 2. The Morgan fingerprint density at radius 3 is 2.50 bits per heavy atom. The van der Waals surface area contributed by atoms with Gasteiger partial charge in [-0.1, -0.05) is 24.6 Å². The zero-order chi connectivity index (χ0) is 24.8. The zero-order valence-corrected chi connectivity index (χ0v) is 19.8. The summed E-state index contributed by atoms with van der Waals surface area (Å²) in [5, 5.41) is 12.2. The number of hydrogen-bond acceptors (Lipinski definition) is 7. The van der Waals surface area contributed by atoms with Crippen molar-refractivity contribution in [3.8, 4) is 23.0 Å². The molecule has 0 bridgehead atoms. The number of aromatic hydroxyl groups is 1. The molecule has 2 aromatic carbocycles. The van der Waals surface area contributed by atoms with Crippen LogP contribution in [0.4, 0.5) is 4.79 Å². The van der Waals surface area contributed by atoms with Crippen molar-refractivity contribution in [2.45, 2.75) is 26.8 Å². The topological polar surface area (TPSA) is 114 Å². The molecule has 2 N–H and O–H groups in total. The van der Waals surface area contributed by atoms with Crippen molar-refractivity contribution in [3.05, 3.63) is 52.1 Å². The van der Waals surface area contributed by atoms with Crippen LogP contribution in [0.3, 0.4) is 0 Å². The van der Waals surface area contributed by atoms with E-state index in [2.05, 4.69) is 5.32 Å². The summed E-state index contributed by atoms with van der Waals surface area (Å²) < 4.78 is 16.3. The van der Waals surface area contributed by atoms with Gasteiger partial charge in [0.05, 0.1) is 31.9 Å². The summed E-state index contributed by atoms with van der Waals surface area (Å²) in [6.07, 6.45) is 2.11. The molecule has 1 aliphatic rings. The first kappa shape index (κ1) is 24.9. The standard InChI is InChI=1S/C24H25ClN2O7/c1-4-8-34-18-7-6-14(11-19(18)32-3)13-27-23(30)16(22(29)26-24(27)31)9-15-10-17(25)21(28)20(12-15)33-5-2/h6-7,9-12,28H,4-5,8,13H2,1-3H3,(H,26,29,31)/b16-9+. The van der Waals surface area contributed by atoms with E-state index >= 15 is 0 Å².